The Labute approximate surface area is 102 Å². The summed E-state index contributed by atoms with van der Waals surface area (Å²) in [5.41, 5.74) is 0.240. The van der Waals surface area contributed by atoms with Gasteiger partial charge in [-0.1, -0.05) is 0 Å². The van der Waals surface area contributed by atoms with E-state index in [-0.39, 0.29) is 17.7 Å². The van der Waals surface area contributed by atoms with Crippen LogP contribution in [0.4, 0.5) is 0 Å². The molecule has 6 heteroatoms. The van der Waals surface area contributed by atoms with E-state index < -0.39 is 30.1 Å². The topological polar surface area (TPSA) is 112 Å². The second-order valence-corrected chi connectivity index (χ2v) is 3.81. The number of aromatic hydroxyl groups is 1. The van der Waals surface area contributed by atoms with Crippen molar-refractivity contribution in [2.75, 3.05) is 0 Å². The SMILES string of the molecule is O=C(O)C[C@H](CC(=O)c1ccc(O)cc1)C(=O)O. The van der Waals surface area contributed by atoms with Crippen LogP contribution in [-0.2, 0) is 9.59 Å². The Hall–Kier alpha value is -2.37. The minimum atomic E-state index is -1.32. The quantitative estimate of drug-likeness (QED) is 0.654. The maximum Gasteiger partial charge on any atom is 0.307 e. The number of Topliss-reactive ketones (excluding diaryl/α,β-unsaturated/α-hetero) is 1. The van der Waals surface area contributed by atoms with Gasteiger partial charge in [0.25, 0.3) is 0 Å². The van der Waals surface area contributed by atoms with Gasteiger partial charge in [0.05, 0.1) is 12.3 Å². The highest BCUT2D eigenvalue weighted by molar-refractivity contribution is 5.98. The summed E-state index contributed by atoms with van der Waals surface area (Å²) in [6, 6.07) is 5.33. The summed E-state index contributed by atoms with van der Waals surface area (Å²) in [6.07, 6.45) is -0.981. The molecule has 0 aromatic heterocycles. The lowest BCUT2D eigenvalue weighted by atomic mass is 9.95. The Morgan fingerprint density at radius 2 is 1.56 bits per heavy atom. The van der Waals surface area contributed by atoms with E-state index in [9.17, 15) is 14.4 Å². The fourth-order valence-electron chi connectivity index (χ4n) is 1.45. The van der Waals surface area contributed by atoms with Crippen LogP contribution >= 0.6 is 0 Å². The Morgan fingerprint density at radius 3 is 2.00 bits per heavy atom. The molecule has 0 radical (unpaired) electrons. The highest BCUT2D eigenvalue weighted by Crippen LogP contribution is 2.16. The summed E-state index contributed by atoms with van der Waals surface area (Å²) in [4.78, 5) is 33.0. The summed E-state index contributed by atoms with van der Waals surface area (Å²) in [7, 11) is 0. The van der Waals surface area contributed by atoms with Gasteiger partial charge in [0.15, 0.2) is 5.78 Å². The lowest BCUT2D eigenvalue weighted by Crippen LogP contribution is -2.21. The van der Waals surface area contributed by atoms with Crippen LogP contribution in [0.5, 0.6) is 5.75 Å². The van der Waals surface area contributed by atoms with E-state index in [1.165, 1.54) is 24.3 Å². The normalized spacial score (nSPS) is 11.8. The summed E-state index contributed by atoms with van der Waals surface area (Å²) in [5.74, 6) is -4.30. The predicted molar refractivity (Wildman–Crippen MR) is 60.4 cm³/mol. The number of ketones is 1. The van der Waals surface area contributed by atoms with Crippen LogP contribution in [-0.4, -0.2) is 33.0 Å². The van der Waals surface area contributed by atoms with Crippen LogP contribution in [0.25, 0.3) is 0 Å². The molecule has 18 heavy (non-hydrogen) atoms. The first-order valence-corrected chi connectivity index (χ1v) is 5.17. The first-order valence-electron chi connectivity index (χ1n) is 5.17. The number of benzene rings is 1. The molecule has 0 amide bonds. The van der Waals surface area contributed by atoms with Crippen LogP contribution in [0.1, 0.15) is 23.2 Å². The van der Waals surface area contributed by atoms with Gasteiger partial charge in [-0.3, -0.25) is 14.4 Å². The molecule has 0 spiro atoms. The van der Waals surface area contributed by atoms with Crippen molar-refractivity contribution in [2.24, 2.45) is 5.92 Å². The van der Waals surface area contributed by atoms with Crippen molar-refractivity contribution in [1.29, 1.82) is 0 Å². The summed E-state index contributed by atoms with van der Waals surface area (Å²) in [6.45, 7) is 0. The van der Waals surface area contributed by atoms with E-state index in [0.717, 1.165) is 0 Å². The van der Waals surface area contributed by atoms with E-state index in [2.05, 4.69) is 0 Å². The number of aliphatic carboxylic acids is 2. The number of hydrogen-bond acceptors (Lipinski definition) is 4. The van der Waals surface area contributed by atoms with Crippen molar-refractivity contribution in [3.63, 3.8) is 0 Å². The maximum absolute atomic E-state index is 11.7. The highest BCUT2D eigenvalue weighted by atomic mass is 16.4. The second-order valence-electron chi connectivity index (χ2n) is 3.81. The van der Waals surface area contributed by atoms with Crippen molar-refractivity contribution < 1.29 is 29.7 Å². The predicted octanol–water partition coefficient (Wildman–Crippen LogP) is 1.14. The lowest BCUT2D eigenvalue weighted by Gasteiger charge is -2.08. The average molecular weight is 252 g/mol. The van der Waals surface area contributed by atoms with Crippen molar-refractivity contribution in [1.82, 2.24) is 0 Å². The smallest absolute Gasteiger partial charge is 0.307 e. The largest absolute Gasteiger partial charge is 0.508 e. The zero-order valence-electron chi connectivity index (χ0n) is 9.37. The first kappa shape index (κ1) is 13.7. The average Bonchev–Trinajstić information content (AvgIpc) is 2.28. The van der Waals surface area contributed by atoms with Gasteiger partial charge in [-0.15, -0.1) is 0 Å². The van der Waals surface area contributed by atoms with Gasteiger partial charge in [-0.05, 0) is 24.3 Å². The number of phenols is 1. The molecule has 0 heterocycles. The number of carbonyl (C=O) groups is 3. The molecule has 1 rings (SSSR count). The van der Waals surface area contributed by atoms with Gasteiger partial charge in [0.2, 0.25) is 0 Å². The molecule has 0 aliphatic carbocycles. The second kappa shape index (κ2) is 5.81. The fraction of sp³-hybridized carbons (Fsp3) is 0.250. The zero-order chi connectivity index (χ0) is 13.7. The number of hydrogen-bond donors (Lipinski definition) is 3. The Kier molecular flexibility index (Phi) is 4.42. The summed E-state index contributed by atoms with van der Waals surface area (Å²) < 4.78 is 0. The van der Waals surface area contributed by atoms with Crippen LogP contribution in [0, 0.1) is 5.92 Å². The van der Waals surface area contributed by atoms with Crippen LogP contribution in [0.3, 0.4) is 0 Å². The van der Waals surface area contributed by atoms with E-state index in [1.807, 2.05) is 0 Å². The van der Waals surface area contributed by atoms with E-state index in [4.69, 9.17) is 15.3 Å². The van der Waals surface area contributed by atoms with Gasteiger partial charge >= 0.3 is 11.9 Å². The van der Waals surface area contributed by atoms with Gasteiger partial charge in [0.1, 0.15) is 5.75 Å². The lowest BCUT2D eigenvalue weighted by molar-refractivity contribution is -0.148. The Bertz CT molecular complexity index is 462. The summed E-state index contributed by atoms with van der Waals surface area (Å²) in [5, 5.41) is 26.4. The minimum Gasteiger partial charge on any atom is -0.508 e. The van der Waals surface area contributed by atoms with Gasteiger partial charge in [-0.25, -0.2) is 0 Å². The molecule has 0 fully saturated rings. The molecular weight excluding hydrogens is 240 g/mol. The molecule has 1 atom stereocenters. The van der Waals surface area contributed by atoms with E-state index in [0.29, 0.717) is 0 Å². The third kappa shape index (κ3) is 3.89. The molecule has 6 nitrogen and oxygen atoms in total. The van der Waals surface area contributed by atoms with Crippen LogP contribution in [0.2, 0.25) is 0 Å². The number of carboxylic acid groups (broad SMARTS) is 2. The molecule has 0 aliphatic heterocycles. The molecule has 0 saturated heterocycles. The van der Waals surface area contributed by atoms with Crippen molar-refractivity contribution >= 4 is 17.7 Å². The molecule has 1 aromatic rings. The number of rotatable bonds is 6. The van der Waals surface area contributed by atoms with Gasteiger partial charge in [0, 0.05) is 12.0 Å². The molecule has 0 bridgehead atoms. The molecule has 0 unspecified atom stereocenters. The molecule has 0 aliphatic rings. The molecule has 96 valence electrons. The van der Waals surface area contributed by atoms with Crippen LogP contribution < -0.4 is 0 Å². The Balaban J connectivity index is 2.75. The van der Waals surface area contributed by atoms with Crippen LogP contribution in [0.15, 0.2) is 24.3 Å². The monoisotopic (exact) mass is 252 g/mol. The third-order valence-electron chi connectivity index (χ3n) is 2.39. The van der Waals surface area contributed by atoms with E-state index in [1.54, 1.807) is 0 Å². The fourth-order valence-corrected chi connectivity index (χ4v) is 1.45. The number of carboxylic acids is 2. The molecule has 1 aromatic carbocycles. The van der Waals surface area contributed by atoms with Gasteiger partial charge in [-0.2, -0.15) is 0 Å². The maximum atomic E-state index is 11.7. The Morgan fingerprint density at radius 1 is 1.00 bits per heavy atom. The highest BCUT2D eigenvalue weighted by Gasteiger charge is 2.24. The van der Waals surface area contributed by atoms with Crippen molar-refractivity contribution in [3.05, 3.63) is 29.8 Å². The van der Waals surface area contributed by atoms with Crippen molar-refractivity contribution in [2.45, 2.75) is 12.8 Å². The number of phenolic OH excluding ortho intramolecular Hbond substituents is 1. The molecule has 0 saturated carbocycles. The zero-order valence-corrected chi connectivity index (χ0v) is 9.37. The van der Waals surface area contributed by atoms with Crippen molar-refractivity contribution in [3.8, 4) is 5.75 Å². The first-order chi connectivity index (χ1) is 8.40. The summed E-state index contributed by atoms with van der Waals surface area (Å²) >= 11 is 0. The van der Waals surface area contributed by atoms with Gasteiger partial charge < -0.3 is 15.3 Å². The van der Waals surface area contributed by atoms with E-state index >= 15 is 0 Å². The molecule has 3 N–H and O–H groups in total. The standard InChI is InChI=1S/C12H12O6/c13-9-3-1-7(2-4-9)10(14)5-8(12(17)18)6-11(15)16/h1-4,8,13H,5-6H2,(H,15,16)(H,17,18)/t8-/m0/s1. The number of carbonyl (C=O) groups excluding carboxylic acids is 1. The molecular formula is C12H12O6. The third-order valence-corrected chi connectivity index (χ3v) is 2.39. The minimum absolute atomic E-state index is 0.00753.